The Kier molecular flexibility index (Phi) is 3.71. The Balaban J connectivity index is 1.99. The van der Waals surface area contributed by atoms with E-state index in [4.69, 9.17) is 11.6 Å². The predicted octanol–water partition coefficient (Wildman–Crippen LogP) is 3.88. The van der Waals surface area contributed by atoms with E-state index in [9.17, 15) is 14.0 Å². The molecule has 21 heavy (non-hydrogen) atoms. The van der Waals surface area contributed by atoms with Crippen LogP contribution in [-0.2, 0) is 6.54 Å². The van der Waals surface area contributed by atoms with Crippen LogP contribution < -0.4 is 0 Å². The lowest BCUT2D eigenvalue weighted by Crippen LogP contribution is -2.29. The Morgan fingerprint density at radius 1 is 1.14 bits per heavy atom. The summed E-state index contributed by atoms with van der Waals surface area (Å²) in [5.41, 5.74) is 0.951. The number of rotatable bonds is 2. The fourth-order valence-electron chi connectivity index (χ4n) is 2.27. The van der Waals surface area contributed by atoms with Gasteiger partial charge in [0, 0.05) is 14.2 Å². The van der Waals surface area contributed by atoms with Crippen molar-refractivity contribution in [1.29, 1.82) is 0 Å². The van der Waals surface area contributed by atoms with Crippen molar-refractivity contribution in [1.82, 2.24) is 4.90 Å². The zero-order chi connectivity index (χ0) is 15.1. The average molecular weight is 416 g/mol. The van der Waals surface area contributed by atoms with Crippen molar-refractivity contribution in [3.05, 3.63) is 67.5 Å². The number of fused-ring (bicyclic) bond motifs is 1. The highest BCUT2D eigenvalue weighted by molar-refractivity contribution is 14.1. The van der Waals surface area contributed by atoms with Gasteiger partial charge < -0.3 is 0 Å². The first-order chi connectivity index (χ1) is 9.99. The zero-order valence-corrected chi connectivity index (χ0v) is 13.5. The Labute approximate surface area is 138 Å². The molecule has 0 fully saturated rings. The third kappa shape index (κ3) is 2.44. The number of nitrogens with zero attached hydrogens (tertiary/aromatic N) is 1. The number of benzene rings is 2. The molecule has 1 heterocycles. The summed E-state index contributed by atoms with van der Waals surface area (Å²) >= 11 is 7.84. The van der Waals surface area contributed by atoms with Gasteiger partial charge in [0.25, 0.3) is 11.8 Å². The second-order valence-corrected chi connectivity index (χ2v) is 6.19. The van der Waals surface area contributed by atoms with E-state index in [0.29, 0.717) is 19.7 Å². The summed E-state index contributed by atoms with van der Waals surface area (Å²) < 4.78 is 14.5. The van der Waals surface area contributed by atoms with Gasteiger partial charge in [0.2, 0.25) is 0 Å². The van der Waals surface area contributed by atoms with Gasteiger partial charge in [-0.1, -0.05) is 17.7 Å². The van der Waals surface area contributed by atoms with E-state index in [1.165, 1.54) is 18.2 Å². The van der Waals surface area contributed by atoms with Crippen molar-refractivity contribution in [2.75, 3.05) is 0 Å². The molecular weight excluding hydrogens is 408 g/mol. The number of hydrogen-bond donors (Lipinski definition) is 0. The molecule has 0 saturated carbocycles. The molecule has 0 aromatic heterocycles. The molecule has 0 spiro atoms. The molecule has 0 N–H and O–H groups in total. The van der Waals surface area contributed by atoms with Crippen molar-refractivity contribution >= 4 is 46.0 Å². The minimum atomic E-state index is -0.495. The van der Waals surface area contributed by atoms with Crippen LogP contribution in [0.1, 0.15) is 26.3 Å². The van der Waals surface area contributed by atoms with Crippen molar-refractivity contribution in [2.24, 2.45) is 0 Å². The van der Waals surface area contributed by atoms with Crippen molar-refractivity contribution in [3.8, 4) is 0 Å². The minimum Gasteiger partial charge on any atom is -0.270 e. The van der Waals surface area contributed by atoms with Gasteiger partial charge in [-0.05, 0) is 52.9 Å². The van der Waals surface area contributed by atoms with E-state index in [0.717, 1.165) is 4.90 Å². The summed E-state index contributed by atoms with van der Waals surface area (Å²) in [5, 5.41) is 0.359. The molecule has 3 rings (SSSR count). The van der Waals surface area contributed by atoms with Crippen LogP contribution in [0, 0.1) is 9.39 Å². The molecule has 1 aliphatic rings. The lowest BCUT2D eigenvalue weighted by molar-refractivity contribution is 0.0640. The predicted molar refractivity (Wildman–Crippen MR) is 84.8 cm³/mol. The summed E-state index contributed by atoms with van der Waals surface area (Å²) in [5.74, 6) is -1.31. The number of carbonyl (C=O) groups is 2. The summed E-state index contributed by atoms with van der Waals surface area (Å²) in [6.45, 7) is -0.130. The SMILES string of the molecule is O=C1c2cccc(I)c2C(=O)N1Cc1cc(Cl)ccc1F. The molecule has 1 aliphatic heterocycles. The van der Waals surface area contributed by atoms with E-state index in [1.807, 2.05) is 22.6 Å². The van der Waals surface area contributed by atoms with E-state index in [-0.39, 0.29) is 12.1 Å². The summed E-state index contributed by atoms with van der Waals surface area (Å²) in [4.78, 5) is 25.7. The van der Waals surface area contributed by atoms with Crippen LogP contribution in [0.3, 0.4) is 0 Å². The van der Waals surface area contributed by atoms with Crippen LogP contribution in [0.2, 0.25) is 5.02 Å². The molecule has 6 heteroatoms. The highest BCUT2D eigenvalue weighted by Gasteiger charge is 2.37. The average Bonchev–Trinajstić information content (AvgIpc) is 2.69. The maximum atomic E-state index is 13.8. The Hall–Kier alpha value is -1.47. The molecule has 0 aliphatic carbocycles. The summed E-state index contributed by atoms with van der Waals surface area (Å²) in [6.07, 6.45) is 0. The first-order valence-corrected chi connectivity index (χ1v) is 7.53. The normalized spacial score (nSPS) is 13.8. The van der Waals surface area contributed by atoms with Crippen LogP contribution in [0.15, 0.2) is 36.4 Å². The first-order valence-electron chi connectivity index (χ1n) is 6.07. The van der Waals surface area contributed by atoms with Gasteiger partial charge in [-0.15, -0.1) is 0 Å². The third-order valence-electron chi connectivity index (χ3n) is 3.28. The van der Waals surface area contributed by atoms with Gasteiger partial charge in [-0.3, -0.25) is 14.5 Å². The van der Waals surface area contributed by atoms with Crippen LogP contribution in [0.5, 0.6) is 0 Å². The topological polar surface area (TPSA) is 37.4 Å². The van der Waals surface area contributed by atoms with E-state index >= 15 is 0 Å². The molecular formula is C15H8ClFINO2. The number of halogens is 3. The maximum absolute atomic E-state index is 13.8. The first kappa shape index (κ1) is 14.5. The highest BCUT2D eigenvalue weighted by Crippen LogP contribution is 2.29. The largest absolute Gasteiger partial charge is 0.270 e. The Bertz CT molecular complexity index is 778. The highest BCUT2D eigenvalue weighted by atomic mass is 127. The van der Waals surface area contributed by atoms with Crippen LogP contribution in [0.25, 0.3) is 0 Å². The maximum Gasteiger partial charge on any atom is 0.262 e. The van der Waals surface area contributed by atoms with Gasteiger partial charge in [-0.25, -0.2) is 4.39 Å². The Morgan fingerprint density at radius 2 is 1.90 bits per heavy atom. The number of imide groups is 1. The number of carbonyl (C=O) groups excluding carboxylic acids is 2. The lowest BCUT2D eigenvalue weighted by atomic mass is 10.1. The van der Waals surface area contributed by atoms with E-state index in [1.54, 1.807) is 18.2 Å². The van der Waals surface area contributed by atoms with Crippen LogP contribution in [0.4, 0.5) is 4.39 Å². The van der Waals surface area contributed by atoms with Gasteiger partial charge in [-0.2, -0.15) is 0 Å². The number of amides is 2. The number of hydrogen-bond acceptors (Lipinski definition) is 2. The standard InChI is InChI=1S/C15H8ClFINO2/c16-9-4-5-11(17)8(6-9)7-19-14(20)10-2-1-3-12(18)13(10)15(19)21/h1-6H,7H2. The lowest BCUT2D eigenvalue weighted by Gasteiger charge is -2.14. The molecule has 0 saturated heterocycles. The molecule has 0 unspecified atom stereocenters. The molecule has 0 radical (unpaired) electrons. The summed E-state index contributed by atoms with van der Waals surface area (Å²) in [6, 6.07) is 9.14. The quantitative estimate of drug-likeness (QED) is 0.551. The van der Waals surface area contributed by atoms with Crippen molar-refractivity contribution in [2.45, 2.75) is 6.54 Å². The minimum absolute atomic E-state index is 0.130. The smallest absolute Gasteiger partial charge is 0.262 e. The second-order valence-electron chi connectivity index (χ2n) is 4.59. The second kappa shape index (κ2) is 5.38. The fraction of sp³-hybridized carbons (Fsp3) is 0.0667. The summed E-state index contributed by atoms with van der Waals surface area (Å²) in [7, 11) is 0. The zero-order valence-electron chi connectivity index (χ0n) is 10.6. The Morgan fingerprint density at radius 3 is 2.62 bits per heavy atom. The molecule has 0 bridgehead atoms. The fourth-order valence-corrected chi connectivity index (χ4v) is 3.19. The monoisotopic (exact) mass is 415 g/mol. The van der Waals surface area contributed by atoms with Gasteiger partial charge in [0.15, 0.2) is 0 Å². The van der Waals surface area contributed by atoms with Gasteiger partial charge >= 0.3 is 0 Å². The molecule has 106 valence electrons. The van der Waals surface area contributed by atoms with Crippen LogP contribution in [-0.4, -0.2) is 16.7 Å². The molecule has 3 nitrogen and oxygen atoms in total. The van der Waals surface area contributed by atoms with Crippen LogP contribution >= 0.6 is 34.2 Å². The third-order valence-corrected chi connectivity index (χ3v) is 4.42. The van der Waals surface area contributed by atoms with Crippen molar-refractivity contribution in [3.63, 3.8) is 0 Å². The van der Waals surface area contributed by atoms with Crippen molar-refractivity contribution < 1.29 is 14.0 Å². The molecule has 2 amide bonds. The van der Waals surface area contributed by atoms with E-state index in [2.05, 4.69) is 0 Å². The molecule has 0 atom stereocenters. The van der Waals surface area contributed by atoms with Gasteiger partial charge in [0.1, 0.15) is 5.82 Å². The van der Waals surface area contributed by atoms with E-state index < -0.39 is 17.6 Å². The molecule has 2 aromatic carbocycles. The van der Waals surface area contributed by atoms with Gasteiger partial charge in [0.05, 0.1) is 17.7 Å². The molecule has 2 aromatic rings.